The largest absolute Gasteiger partial charge is 0.359 e. The first kappa shape index (κ1) is 23.8. The lowest BCUT2D eigenvalue weighted by Crippen LogP contribution is -2.36. The number of nitrogens with zero attached hydrogens (tertiary/aromatic N) is 4. The van der Waals surface area contributed by atoms with Gasteiger partial charge in [0.1, 0.15) is 11.5 Å². The summed E-state index contributed by atoms with van der Waals surface area (Å²) in [5, 5.41) is 6.66. The second-order valence-corrected chi connectivity index (χ2v) is 9.76. The lowest BCUT2D eigenvalue weighted by atomic mass is 9.98. The molecular formula is C28H32N6O2. The number of hydrogen-bond donors (Lipinski definition) is 2. The molecule has 36 heavy (non-hydrogen) atoms. The van der Waals surface area contributed by atoms with Gasteiger partial charge in [0.05, 0.1) is 12.6 Å². The molecule has 1 aromatic heterocycles. The Bertz CT molecular complexity index is 1210. The number of anilines is 2. The molecule has 2 aliphatic rings. The van der Waals surface area contributed by atoms with Crippen molar-refractivity contribution >= 4 is 23.6 Å². The molecule has 1 unspecified atom stereocenters. The van der Waals surface area contributed by atoms with Crippen molar-refractivity contribution in [3.05, 3.63) is 83.0 Å². The standard InChI is InChI=1S/C28H32N6O2/c1-18(2)34-17-23-25(27(34)36)31-28(33-15-14-22(16-33)29-19(3)35)32-26(23)30-24(20-10-6-4-7-11-20)21-12-8-5-9-13-21/h4-13,18,22,24H,14-17H2,1-3H3,(H,29,35)(H,30,31,32). The zero-order valence-corrected chi connectivity index (χ0v) is 20.9. The van der Waals surface area contributed by atoms with E-state index in [4.69, 9.17) is 9.97 Å². The summed E-state index contributed by atoms with van der Waals surface area (Å²) in [6, 6.07) is 20.4. The summed E-state index contributed by atoms with van der Waals surface area (Å²) < 4.78 is 0. The van der Waals surface area contributed by atoms with Gasteiger partial charge in [-0.2, -0.15) is 4.98 Å². The molecule has 2 amide bonds. The minimum Gasteiger partial charge on any atom is -0.359 e. The first-order chi connectivity index (χ1) is 17.4. The van der Waals surface area contributed by atoms with Crippen LogP contribution in [-0.2, 0) is 11.3 Å². The molecule has 0 bridgehead atoms. The third-order valence-corrected chi connectivity index (χ3v) is 6.84. The van der Waals surface area contributed by atoms with Crippen molar-refractivity contribution in [3.63, 3.8) is 0 Å². The molecule has 3 heterocycles. The van der Waals surface area contributed by atoms with E-state index < -0.39 is 0 Å². The molecule has 0 spiro atoms. The van der Waals surface area contributed by atoms with Crippen LogP contribution in [0.1, 0.15) is 60.4 Å². The van der Waals surface area contributed by atoms with E-state index in [2.05, 4.69) is 39.8 Å². The molecule has 1 fully saturated rings. The third-order valence-electron chi connectivity index (χ3n) is 6.84. The molecule has 1 atom stereocenters. The lowest BCUT2D eigenvalue weighted by Gasteiger charge is -2.24. The van der Waals surface area contributed by atoms with Gasteiger partial charge in [0.15, 0.2) is 0 Å². The highest BCUT2D eigenvalue weighted by atomic mass is 16.2. The van der Waals surface area contributed by atoms with Crippen molar-refractivity contribution in [1.82, 2.24) is 20.2 Å². The smallest absolute Gasteiger partial charge is 0.273 e. The molecule has 8 nitrogen and oxygen atoms in total. The van der Waals surface area contributed by atoms with E-state index in [1.807, 2.05) is 55.1 Å². The Morgan fingerprint density at radius 2 is 1.64 bits per heavy atom. The van der Waals surface area contributed by atoms with E-state index in [0.717, 1.165) is 23.1 Å². The number of benzene rings is 2. The fourth-order valence-electron chi connectivity index (χ4n) is 4.99. The fraction of sp³-hybridized carbons (Fsp3) is 0.357. The summed E-state index contributed by atoms with van der Waals surface area (Å²) in [4.78, 5) is 38.5. The van der Waals surface area contributed by atoms with Crippen LogP contribution in [0.25, 0.3) is 0 Å². The van der Waals surface area contributed by atoms with E-state index in [-0.39, 0.29) is 29.9 Å². The lowest BCUT2D eigenvalue weighted by molar-refractivity contribution is -0.119. The summed E-state index contributed by atoms with van der Waals surface area (Å²) in [6.45, 7) is 7.36. The summed E-state index contributed by atoms with van der Waals surface area (Å²) in [5.74, 6) is 1.07. The number of hydrogen-bond acceptors (Lipinski definition) is 6. The van der Waals surface area contributed by atoms with Crippen molar-refractivity contribution in [1.29, 1.82) is 0 Å². The molecule has 5 rings (SSSR count). The van der Waals surface area contributed by atoms with Crippen LogP contribution in [0.2, 0.25) is 0 Å². The van der Waals surface area contributed by atoms with Gasteiger partial charge in [0.2, 0.25) is 11.9 Å². The molecule has 186 valence electrons. The molecule has 2 N–H and O–H groups in total. The summed E-state index contributed by atoms with van der Waals surface area (Å²) in [7, 11) is 0. The van der Waals surface area contributed by atoms with Gasteiger partial charge in [-0.25, -0.2) is 4.98 Å². The van der Waals surface area contributed by atoms with Crippen LogP contribution in [0.4, 0.5) is 11.8 Å². The average Bonchev–Trinajstić information content (AvgIpc) is 3.47. The predicted octanol–water partition coefficient (Wildman–Crippen LogP) is 3.76. The summed E-state index contributed by atoms with van der Waals surface area (Å²) in [5.41, 5.74) is 3.50. The van der Waals surface area contributed by atoms with Gasteiger partial charge in [-0.3, -0.25) is 9.59 Å². The summed E-state index contributed by atoms with van der Waals surface area (Å²) >= 11 is 0. The highest BCUT2D eigenvalue weighted by molar-refractivity contribution is 5.98. The Kier molecular flexibility index (Phi) is 6.59. The highest BCUT2D eigenvalue weighted by Gasteiger charge is 2.36. The number of carbonyl (C=O) groups excluding carboxylic acids is 2. The van der Waals surface area contributed by atoms with Crippen LogP contribution in [0, 0.1) is 0 Å². The van der Waals surface area contributed by atoms with Crippen LogP contribution in [0.5, 0.6) is 0 Å². The van der Waals surface area contributed by atoms with E-state index in [1.165, 1.54) is 6.92 Å². The second kappa shape index (κ2) is 9.97. The van der Waals surface area contributed by atoms with Gasteiger partial charge in [-0.15, -0.1) is 0 Å². The van der Waals surface area contributed by atoms with E-state index in [1.54, 1.807) is 0 Å². The van der Waals surface area contributed by atoms with Crippen LogP contribution in [0.3, 0.4) is 0 Å². The first-order valence-electron chi connectivity index (χ1n) is 12.5. The van der Waals surface area contributed by atoms with Crippen molar-refractivity contribution in [2.24, 2.45) is 0 Å². The van der Waals surface area contributed by atoms with Crippen molar-refractivity contribution in [2.75, 3.05) is 23.3 Å². The van der Waals surface area contributed by atoms with E-state index in [9.17, 15) is 9.59 Å². The normalized spacial score (nSPS) is 17.1. The van der Waals surface area contributed by atoms with Crippen LogP contribution >= 0.6 is 0 Å². The van der Waals surface area contributed by atoms with Gasteiger partial charge >= 0.3 is 0 Å². The number of carbonyl (C=O) groups is 2. The monoisotopic (exact) mass is 484 g/mol. The first-order valence-corrected chi connectivity index (χ1v) is 12.5. The Morgan fingerprint density at radius 3 is 2.22 bits per heavy atom. The van der Waals surface area contributed by atoms with Gasteiger partial charge < -0.3 is 20.4 Å². The summed E-state index contributed by atoms with van der Waals surface area (Å²) in [6.07, 6.45) is 0.811. The van der Waals surface area contributed by atoms with Gasteiger partial charge in [-0.1, -0.05) is 60.7 Å². The van der Waals surface area contributed by atoms with E-state index >= 15 is 0 Å². The molecule has 2 aromatic carbocycles. The molecule has 1 saturated heterocycles. The maximum Gasteiger partial charge on any atom is 0.273 e. The Hall–Kier alpha value is -3.94. The topological polar surface area (TPSA) is 90.5 Å². The number of fused-ring (bicyclic) bond motifs is 1. The molecule has 0 aliphatic carbocycles. The second-order valence-electron chi connectivity index (χ2n) is 9.76. The molecule has 0 radical (unpaired) electrons. The minimum atomic E-state index is -0.145. The maximum absolute atomic E-state index is 13.3. The zero-order chi connectivity index (χ0) is 25.2. The number of aromatic nitrogens is 2. The Labute approximate surface area is 211 Å². The highest BCUT2D eigenvalue weighted by Crippen LogP contribution is 2.34. The van der Waals surface area contributed by atoms with Crippen LogP contribution in [-0.4, -0.2) is 51.9 Å². The van der Waals surface area contributed by atoms with Crippen molar-refractivity contribution in [3.8, 4) is 0 Å². The zero-order valence-electron chi connectivity index (χ0n) is 20.9. The molecular weight excluding hydrogens is 452 g/mol. The Balaban J connectivity index is 1.55. The quantitative estimate of drug-likeness (QED) is 0.531. The fourth-order valence-corrected chi connectivity index (χ4v) is 4.99. The molecule has 2 aliphatic heterocycles. The maximum atomic E-state index is 13.3. The van der Waals surface area contributed by atoms with Gasteiger partial charge in [-0.05, 0) is 31.4 Å². The SMILES string of the molecule is CC(=O)NC1CCN(c2nc(NC(c3ccccc3)c3ccccc3)c3c(n2)C(=O)N(C(C)C)C3)C1. The van der Waals surface area contributed by atoms with Crippen molar-refractivity contribution in [2.45, 2.75) is 51.9 Å². The van der Waals surface area contributed by atoms with Crippen LogP contribution < -0.4 is 15.5 Å². The number of rotatable bonds is 7. The molecule has 0 saturated carbocycles. The minimum absolute atomic E-state index is 0.0417. The number of amides is 2. The van der Waals surface area contributed by atoms with Gasteiger partial charge in [0.25, 0.3) is 5.91 Å². The van der Waals surface area contributed by atoms with Crippen molar-refractivity contribution < 1.29 is 9.59 Å². The third kappa shape index (κ3) is 4.76. The van der Waals surface area contributed by atoms with E-state index in [0.29, 0.717) is 37.1 Å². The Morgan fingerprint density at radius 1 is 1.00 bits per heavy atom. The molecule has 8 heteroatoms. The average molecular weight is 485 g/mol. The van der Waals surface area contributed by atoms with Crippen LogP contribution in [0.15, 0.2) is 60.7 Å². The molecule has 3 aromatic rings. The van der Waals surface area contributed by atoms with Gasteiger partial charge in [0, 0.05) is 37.7 Å². The number of nitrogens with one attached hydrogen (secondary N) is 2. The predicted molar refractivity (Wildman–Crippen MR) is 140 cm³/mol.